The number of sulfonamides is 1. The number of hydrogen-bond donors (Lipinski definition) is 2. The maximum atomic E-state index is 14.4. The van der Waals surface area contributed by atoms with E-state index in [9.17, 15) is 17.6 Å². The molecular formula is C29H34FN7O3S2. The molecule has 2 aromatic rings. The number of rotatable bonds is 8. The molecule has 2 saturated heterocycles. The number of hydrogen-bond acceptors (Lipinski definition) is 8. The lowest BCUT2D eigenvalue weighted by Gasteiger charge is -2.72. The van der Waals surface area contributed by atoms with Gasteiger partial charge in [-0.2, -0.15) is 0 Å². The smallest absolute Gasteiger partial charge is 0.320 e. The number of halogens is 1. The number of piperazine rings is 1. The minimum Gasteiger partial charge on any atom is -0.341 e. The number of carbonyl (C=O) groups excluding carboxylic acids is 1. The number of benzene rings is 1. The maximum Gasteiger partial charge on any atom is 0.320 e. The first-order valence-corrected chi connectivity index (χ1v) is 17.1. The van der Waals surface area contributed by atoms with Crippen molar-refractivity contribution in [2.75, 3.05) is 32.7 Å². The number of aliphatic imine (C=N–C) groups is 1. The monoisotopic (exact) mass is 611 g/mol. The van der Waals surface area contributed by atoms with Crippen LogP contribution in [-0.2, 0) is 10.0 Å². The second-order valence-corrected chi connectivity index (χ2v) is 15.7. The topological polar surface area (TPSA) is 110 Å². The Hall–Kier alpha value is -2.87. The molecule has 222 valence electrons. The van der Waals surface area contributed by atoms with Crippen LogP contribution in [0.4, 0.5) is 9.18 Å². The van der Waals surface area contributed by atoms with Crippen molar-refractivity contribution >= 4 is 33.2 Å². The van der Waals surface area contributed by atoms with E-state index in [1.165, 1.54) is 17.4 Å². The fourth-order valence-corrected chi connectivity index (χ4v) is 10.0. The van der Waals surface area contributed by atoms with Crippen LogP contribution in [0, 0.1) is 12.7 Å². The summed E-state index contributed by atoms with van der Waals surface area (Å²) in [4.78, 5) is 29.2. The highest BCUT2D eigenvalue weighted by atomic mass is 32.2. The number of aromatic nitrogens is 1. The van der Waals surface area contributed by atoms with Gasteiger partial charge in [0.15, 0.2) is 10.8 Å². The van der Waals surface area contributed by atoms with E-state index in [1.807, 2.05) is 21.2 Å². The minimum atomic E-state index is -3.23. The molecule has 2 atom stereocenters. The summed E-state index contributed by atoms with van der Waals surface area (Å²) in [6.07, 6.45) is 7.50. The van der Waals surface area contributed by atoms with Gasteiger partial charge in [-0.15, -0.1) is 11.3 Å². The van der Waals surface area contributed by atoms with Gasteiger partial charge in [0, 0.05) is 55.5 Å². The van der Waals surface area contributed by atoms with E-state index in [0.29, 0.717) is 31.0 Å². The van der Waals surface area contributed by atoms with Gasteiger partial charge < -0.3 is 15.1 Å². The SMILES string of the molecule is Cc1c(F)cccc1[C@@H]1C=C(CN2CCN3C(=O)N(C45CC(NS(=O)(=O)C6CC6)(C4)C5)C[C@@H]3C2)NC(c2nccs2)=N1. The van der Waals surface area contributed by atoms with Crippen LogP contribution in [0.1, 0.15) is 54.3 Å². The standard InChI is InChI=1S/C29H34FN7O3S2/c1-18-22(3-2-4-23(18)30)24-11-19(32-25(33-24)26-31-7-10-41-26)12-35-8-9-36-20(13-35)14-37(27(36)38)29-15-28(16-29,17-29)34-42(39,40)21-5-6-21/h2-4,7,10-11,20-21,24,34H,5-6,8-9,12-17H2,1H3,(H,32,33)/t20-,24-,28?,29?/m0/s1. The van der Waals surface area contributed by atoms with Crippen molar-refractivity contribution < 1.29 is 17.6 Å². The molecule has 9 rings (SSSR count). The van der Waals surface area contributed by atoms with E-state index in [4.69, 9.17) is 4.99 Å². The number of urea groups is 1. The summed E-state index contributed by atoms with van der Waals surface area (Å²) in [5.74, 6) is 0.445. The van der Waals surface area contributed by atoms with E-state index in [1.54, 1.807) is 19.2 Å². The van der Waals surface area contributed by atoms with Crippen molar-refractivity contribution in [1.29, 1.82) is 0 Å². The summed E-state index contributed by atoms with van der Waals surface area (Å²) in [6, 6.07) is 4.99. The van der Waals surface area contributed by atoms with Crippen molar-refractivity contribution in [2.45, 2.75) is 67.4 Å². The number of thiazole rings is 1. The molecule has 10 nitrogen and oxygen atoms in total. The Morgan fingerprint density at radius 1 is 1.19 bits per heavy atom. The first-order valence-electron chi connectivity index (χ1n) is 14.7. The molecule has 4 heterocycles. The lowest BCUT2D eigenvalue weighted by molar-refractivity contribution is -0.145. The second-order valence-electron chi connectivity index (χ2n) is 12.9. The fraction of sp³-hybridized carbons (Fsp3) is 0.552. The van der Waals surface area contributed by atoms with Crippen molar-refractivity contribution in [1.82, 2.24) is 29.7 Å². The number of amidine groups is 1. The van der Waals surface area contributed by atoms with Gasteiger partial charge in [0.05, 0.1) is 22.9 Å². The van der Waals surface area contributed by atoms with E-state index >= 15 is 0 Å². The quantitative estimate of drug-likeness (QED) is 0.475. The van der Waals surface area contributed by atoms with E-state index < -0.39 is 10.0 Å². The predicted molar refractivity (Wildman–Crippen MR) is 157 cm³/mol. The molecule has 2 bridgehead atoms. The highest BCUT2D eigenvalue weighted by Crippen LogP contribution is 2.65. The lowest BCUT2D eigenvalue weighted by atomic mass is 9.44. The molecule has 0 radical (unpaired) electrons. The summed E-state index contributed by atoms with van der Waals surface area (Å²) < 4.78 is 42.4. The van der Waals surface area contributed by atoms with Crippen molar-refractivity contribution in [3.8, 4) is 0 Å². The molecule has 1 aromatic carbocycles. The van der Waals surface area contributed by atoms with Crippen molar-refractivity contribution in [2.24, 2.45) is 4.99 Å². The number of nitrogens with one attached hydrogen (secondary N) is 2. The Kier molecular flexibility index (Phi) is 5.93. The Bertz CT molecular complexity index is 1600. The number of carbonyl (C=O) groups is 1. The molecule has 2 amide bonds. The third-order valence-electron chi connectivity index (χ3n) is 9.90. The van der Waals surface area contributed by atoms with Gasteiger partial charge in [0.2, 0.25) is 10.0 Å². The lowest BCUT2D eigenvalue weighted by Crippen LogP contribution is -2.84. The normalized spacial score (nSPS) is 32.5. The Balaban J connectivity index is 0.949. The van der Waals surface area contributed by atoms with Gasteiger partial charge in [0.1, 0.15) is 5.82 Å². The molecule has 6 fully saturated rings. The zero-order valence-electron chi connectivity index (χ0n) is 23.4. The average Bonchev–Trinajstić information content (AvgIpc) is 3.56. The van der Waals surface area contributed by atoms with Gasteiger partial charge in [0.25, 0.3) is 0 Å². The first kappa shape index (κ1) is 26.7. The molecule has 3 aliphatic heterocycles. The third kappa shape index (κ3) is 4.30. The predicted octanol–water partition coefficient (Wildman–Crippen LogP) is 2.74. The minimum absolute atomic E-state index is 0.0906. The zero-order valence-corrected chi connectivity index (χ0v) is 25.1. The number of nitrogens with zero attached hydrogens (tertiary/aromatic N) is 5. The number of amides is 2. The molecule has 4 saturated carbocycles. The van der Waals surface area contributed by atoms with Crippen LogP contribution < -0.4 is 10.0 Å². The summed E-state index contributed by atoms with van der Waals surface area (Å²) in [6.45, 7) is 5.28. The highest BCUT2D eigenvalue weighted by molar-refractivity contribution is 7.90. The average molecular weight is 612 g/mol. The molecule has 42 heavy (non-hydrogen) atoms. The van der Waals surface area contributed by atoms with Crippen LogP contribution in [0.3, 0.4) is 0 Å². The highest BCUT2D eigenvalue weighted by Gasteiger charge is 2.74. The second kappa shape index (κ2) is 9.31. The molecule has 0 unspecified atom stereocenters. The molecule has 4 aliphatic carbocycles. The van der Waals surface area contributed by atoms with Crippen LogP contribution in [0.15, 0.2) is 46.5 Å². The van der Waals surface area contributed by atoms with Crippen LogP contribution in [-0.4, -0.2) is 95.1 Å². The van der Waals surface area contributed by atoms with Crippen LogP contribution in [0.5, 0.6) is 0 Å². The van der Waals surface area contributed by atoms with E-state index in [0.717, 1.165) is 61.5 Å². The van der Waals surface area contributed by atoms with Gasteiger partial charge in [-0.1, -0.05) is 12.1 Å². The molecule has 13 heteroatoms. The molecule has 1 aromatic heterocycles. The Morgan fingerprint density at radius 2 is 2.00 bits per heavy atom. The van der Waals surface area contributed by atoms with Crippen molar-refractivity contribution in [3.05, 3.63) is 63.5 Å². The van der Waals surface area contributed by atoms with Gasteiger partial charge in [-0.3, -0.25) is 9.89 Å². The van der Waals surface area contributed by atoms with Crippen LogP contribution in [0.25, 0.3) is 0 Å². The first-order chi connectivity index (χ1) is 20.1. The zero-order chi connectivity index (χ0) is 28.9. The van der Waals surface area contributed by atoms with Gasteiger partial charge in [-0.25, -0.2) is 27.3 Å². The summed E-state index contributed by atoms with van der Waals surface area (Å²) in [5, 5.41) is 5.96. The molecular weight excluding hydrogens is 577 g/mol. The maximum absolute atomic E-state index is 14.4. The molecule has 7 aliphatic rings. The van der Waals surface area contributed by atoms with Crippen LogP contribution in [0.2, 0.25) is 0 Å². The van der Waals surface area contributed by atoms with Crippen LogP contribution >= 0.6 is 11.3 Å². The van der Waals surface area contributed by atoms with Gasteiger partial charge in [-0.05, 0) is 62.3 Å². The summed E-state index contributed by atoms with van der Waals surface area (Å²) in [5.41, 5.74) is 1.87. The summed E-state index contributed by atoms with van der Waals surface area (Å²) >= 11 is 1.51. The van der Waals surface area contributed by atoms with E-state index in [-0.39, 0.29) is 40.3 Å². The largest absolute Gasteiger partial charge is 0.341 e. The van der Waals surface area contributed by atoms with Crippen molar-refractivity contribution in [3.63, 3.8) is 0 Å². The molecule has 0 spiro atoms. The van der Waals surface area contributed by atoms with Gasteiger partial charge >= 0.3 is 6.03 Å². The fourth-order valence-electron chi connectivity index (χ4n) is 7.68. The Labute approximate surface area is 248 Å². The Morgan fingerprint density at radius 3 is 2.74 bits per heavy atom. The third-order valence-corrected chi connectivity index (χ3v) is 12.7. The van der Waals surface area contributed by atoms with E-state index in [2.05, 4.69) is 26.0 Å². The number of fused-ring (bicyclic) bond motifs is 1. The summed E-state index contributed by atoms with van der Waals surface area (Å²) in [7, 11) is -3.23. The molecule has 2 N–H and O–H groups in total.